The quantitative estimate of drug-likeness (QED) is 0.205. The summed E-state index contributed by atoms with van der Waals surface area (Å²) in [5.74, 6) is 1.49. The Bertz CT molecular complexity index is 1600. The lowest BCUT2D eigenvalue weighted by Crippen LogP contribution is -2.32. The van der Waals surface area contributed by atoms with E-state index in [1.54, 1.807) is 6.08 Å². The third kappa shape index (κ3) is 5.26. The molecule has 5 rings (SSSR count). The summed E-state index contributed by atoms with van der Waals surface area (Å²) in [6.45, 7) is 4.09. The highest BCUT2D eigenvalue weighted by Gasteiger charge is 2.12. The monoisotopic (exact) mass is 493 g/mol. The first-order chi connectivity index (χ1) is 17.4. The standard InChI is InChI=1S/C29H23N3O3S/c1-18-8-12-23(19(2)16-18)28-31-24-17-21(9-13-26(24)35-28)30-29(36)32-27(33)15-11-22-10-14-25(34-22)20-6-4-3-5-7-20/h3-17H,1-2H3,(H2,30,32,33,36)/b15-11+. The minimum Gasteiger partial charge on any atom is -0.457 e. The van der Waals surface area contributed by atoms with Gasteiger partial charge in [-0.25, -0.2) is 4.98 Å². The Labute approximate surface area is 213 Å². The molecule has 6 nitrogen and oxygen atoms in total. The number of hydrogen-bond donors (Lipinski definition) is 2. The first-order valence-corrected chi connectivity index (χ1v) is 11.8. The molecule has 0 spiro atoms. The van der Waals surface area contributed by atoms with Crippen LogP contribution in [0.2, 0.25) is 0 Å². The summed E-state index contributed by atoms with van der Waals surface area (Å²) in [6.07, 6.45) is 2.97. The van der Waals surface area contributed by atoms with Gasteiger partial charge < -0.3 is 14.2 Å². The molecule has 0 aliphatic rings. The zero-order chi connectivity index (χ0) is 25.1. The maximum atomic E-state index is 12.3. The van der Waals surface area contributed by atoms with E-state index in [-0.39, 0.29) is 11.0 Å². The molecule has 0 bridgehead atoms. The van der Waals surface area contributed by atoms with Crippen molar-refractivity contribution in [2.24, 2.45) is 0 Å². The van der Waals surface area contributed by atoms with Crippen molar-refractivity contribution in [1.29, 1.82) is 0 Å². The number of thiocarbonyl (C=S) groups is 1. The number of benzene rings is 3. The van der Waals surface area contributed by atoms with Crippen molar-refractivity contribution in [2.45, 2.75) is 13.8 Å². The van der Waals surface area contributed by atoms with Gasteiger partial charge in [-0.1, -0.05) is 48.0 Å². The van der Waals surface area contributed by atoms with Crippen LogP contribution in [-0.2, 0) is 4.79 Å². The number of rotatable bonds is 5. The van der Waals surface area contributed by atoms with Gasteiger partial charge in [0.25, 0.3) is 0 Å². The Hall–Kier alpha value is -4.49. The number of fused-ring (bicyclic) bond motifs is 1. The molecule has 0 saturated heterocycles. The number of carbonyl (C=O) groups excluding carboxylic acids is 1. The van der Waals surface area contributed by atoms with E-state index in [1.807, 2.05) is 79.7 Å². The average Bonchev–Trinajstić information content (AvgIpc) is 3.50. The van der Waals surface area contributed by atoms with Gasteiger partial charge >= 0.3 is 0 Å². The molecule has 178 valence electrons. The van der Waals surface area contributed by atoms with Crippen molar-refractivity contribution in [1.82, 2.24) is 10.3 Å². The smallest absolute Gasteiger partial charge is 0.250 e. The first kappa shape index (κ1) is 23.3. The molecular formula is C29H23N3O3S. The van der Waals surface area contributed by atoms with Crippen molar-refractivity contribution in [2.75, 3.05) is 5.32 Å². The van der Waals surface area contributed by atoms with Crippen LogP contribution < -0.4 is 10.6 Å². The Morgan fingerprint density at radius 2 is 1.78 bits per heavy atom. The largest absolute Gasteiger partial charge is 0.457 e. The van der Waals surface area contributed by atoms with Crippen LogP contribution in [0.1, 0.15) is 16.9 Å². The Morgan fingerprint density at radius 3 is 2.58 bits per heavy atom. The highest BCUT2D eigenvalue weighted by atomic mass is 32.1. The fourth-order valence-electron chi connectivity index (χ4n) is 3.85. The molecule has 0 saturated carbocycles. The third-order valence-electron chi connectivity index (χ3n) is 5.58. The number of oxazole rings is 1. The molecule has 0 aliphatic heterocycles. The van der Waals surface area contributed by atoms with Crippen LogP contribution in [0.4, 0.5) is 5.69 Å². The normalized spacial score (nSPS) is 11.2. The summed E-state index contributed by atoms with van der Waals surface area (Å²) in [4.78, 5) is 17.0. The fraction of sp³-hybridized carbons (Fsp3) is 0.0690. The predicted molar refractivity (Wildman–Crippen MR) is 146 cm³/mol. The zero-order valence-electron chi connectivity index (χ0n) is 19.7. The zero-order valence-corrected chi connectivity index (χ0v) is 20.6. The molecular weight excluding hydrogens is 470 g/mol. The van der Waals surface area contributed by atoms with E-state index in [4.69, 9.17) is 21.1 Å². The molecule has 3 aromatic carbocycles. The van der Waals surface area contributed by atoms with Crippen LogP contribution in [-0.4, -0.2) is 16.0 Å². The SMILES string of the molecule is Cc1ccc(-c2nc3cc(NC(=S)NC(=O)/C=C/c4ccc(-c5ccccc5)o4)ccc3o2)c(C)c1. The molecule has 0 aliphatic carbocycles. The number of carbonyl (C=O) groups is 1. The van der Waals surface area contributed by atoms with E-state index in [0.29, 0.717) is 28.4 Å². The second kappa shape index (κ2) is 10.0. The topological polar surface area (TPSA) is 80.3 Å². The Morgan fingerprint density at radius 1 is 0.944 bits per heavy atom. The molecule has 2 N–H and O–H groups in total. The van der Waals surface area contributed by atoms with E-state index in [9.17, 15) is 4.79 Å². The number of furan rings is 1. The molecule has 0 fully saturated rings. The number of anilines is 1. The van der Waals surface area contributed by atoms with Crippen LogP contribution in [0.3, 0.4) is 0 Å². The molecule has 5 aromatic rings. The van der Waals surface area contributed by atoms with Gasteiger partial charge in [0.05, 0.1) is 0 Å². The second-order valence-corrected chi connectivity index (χ2v) is 8.77. The number of amides is 1. The van der Waals surface area contributed by atoms with Crippen molar-refractivity contribution >= 4 is 46.1 Å². The van der Waals surface area contributed by atoms with Crippen LogP contribution in [0.5, 0.6) is 0 Å². The molecule has 7 heteroatoms. The van der Waals surface area contributed by atoms with Crippen molar-refractivity contribution in [3.05, 3.63) is 102 Å². The first-order valence-electron chi connectivity index (χ1n) is 11.4. The molecule has 2 aromatic heterocycles. The van der Waals surface area contributed by atoms with Gasteiger partial charge in [0.2, 0.25) is 11.8 Å². The maximum Gasteiger partial charge on any atom is 0.250 e. The van der Waals surface area contributed by atoms with Crippen LogP contribution >= 0.6 is 12.2 Å². The summed E-state index contributed by atoms with van der Waals surface area (Å²) in [7, 11) is 0. The predicted octanol–water partition coefficient (Wildman–Crippen LogP) is 6.90. The maximum absolute atomic E-state index is 12.3. The van der Waals surface area contributed by atoms with Crippen molar-refractivity contribution < 1.29 is 13.6 Å². The minimum atomic E-state index is -0.371. The number of nitrogens with one attached hydrogen (secondary N) is 2. The summed E-state index contributed by atoms with van der Waals surface area (Å²) < 4.78 is 11.7. The van der Waals surface area contributed by atoms with Crippen LogP contribution in [0.25, 0.3) is 40.0 Å². The van der Waals surface area contributed by atoms with Gasteiger partial charge in [0.1, 0.15) is 17.0 Å². The number of aryl methyl sites for hydroxylation is 2. The molecule has 36 heavy (non-hydrogen) atoms. The van der Waals surface area contributed by atoms with Gasteiger partial charge in [-0.2, -0.15) is 0 Å². The molecule has 0 atom stereocenters. The summed E-state index contributed by atoms with van der Waals surface area (Å²) >= 11 is 5.30. The summed E-state index contributed by atoms with van der Waals surface area (Å²) in [5.41, 5.74) is 6.26. The van der Waals surface area contributed by atoms with Gasteiger partial charge in [-0.3, -0.25) is 10.1 Å². The number of nitrogens with zero attached hydrogens (tertiary/aromatic N) is 1. The summed E-state index contributed by atoms with van der Waals surface area (Å²) in [6, 6.07) is 25.0. The molecule has 0 unspecified atom stereocenters. The molecule has 1 amide bonds. The highest BCUT2D eigenvalue weighted by molar-refractivity contribution is 7.80. The number of hydrogen-bond acceptors (Lipinski definition) is 5. The van der Waals surface area contributed by atoms with Gasteiger partial charge in [-0.15, -0.1) is 0 Å². The van der Waals surface area contributed by atoms with Crippen molar-refractivity contribution in [3.63, 3.8) is 0 Å². The Balaban J connectivity index is 1.21. The molecule has 0 radical (unpaired) electrons. The lowest BCUT2D eigenvalue weighted by Gasteiger charge is -2.07. The van der Waals surface area contributed by atoms with E-state index in [2.05, 4.69) is 28.6 Å². The van der Waals surface area contributed by atoms with E-state index in [1.165, 1.54) is 11.6 Å². The van der Waals surface area contributed by atoms with Crippen LogP contribution in [0.15, 0.2) is 93.8 Å². The lowest BCUT2D eigenvalue weighted by molar-refractivity contribution is -0.115. The lowest BCUT2D eigenvalue weighted by atomic mass is 10.1. The molecule has 2 heterocycles. The van der Waals surface area contributed by atoms with Gasteiger partial charge in [0.15, 0.2) is 10.7 Å². The minimum absolute atomic E-state index is 0.173. The Kier molecular flexibility index (Phi) is 6.47. The number of aromatic nitrogens is 1. The average molecular weight is 494 g/mol. The van der Waals surface area contributed by atoms with E-state index in [0.717, 1.165) is 22.5 Å². The third-order valence-corrected chi connectivity index (χ3v) is 5.78. The van der Waals surface area contributed by atoms with Gasteiger partial charge in [-0.05, 0) is 74.1 Å². The highest BCUT2D eigenvalue weighted by Crippen LogP contribution is 2.29. The van der Waals surface area contributed by atoms with Crippen LogP contribution in [0, 0.1) is 13.8 Å². The van der Waals surface area contributed by atoms with E-state index < -0.39 is 0 Å². The fourth-order valence-corrected chi connectivity index (χ4v) is 4.07. The second-order valence-electron chi connectivity index (χ2n) is 8.36. The van der Waals surface area contributed by atoms with Gasteiger partial charge in [0, 0.05) is 22.9 Å². The van der Waals surface area contributed by atoms with E-state index >= 15 is 0 Å². The summed E-state index contributed by atoms with van der Waals surface area (Å²) in [5, 5.41) is 5.83. The van der Waals surface area contributed by atoms with Crippen molar-refractivity contribution in [3.8, 4) is 22.8 Å².